The predicted molar refractivity (Wildman–Crippen MR) is 38.9 cm³/mol. The van der Waals surface area contributed by atoms with Crippen LogP contribution >= 0.6 is 0 Å². The Kier molecular flexibility index (Phi) is 51.5. The maximum Gasteiger partial charge on any atom is 1.00 e. The minimum Gasteiger partial charge on any atom is -0.907 e. The summed E-state index contributed by atoms with van der Waals surface area (Å²) in [6.45, 7) is 2.96. The van der Waals surface area contributed by atoms with Crippen molar-refractivity contribution in [2.45, 2.75) is 0 Å². The normalized spacial score (nSPS) is 5.72. The van der Waals surface area contributed by atoms with Crippen molar-refractivity contribution in [1.82, 2.24) is 0 Å². The molecule has 0 aromatic heterocycles. The first kappa shape index (κ1) is 36.1. The summed E-state index contributed by atoms with van der Waals surface area (Å²) in [6.07, 6.45) is 0.833. The average Bonchev–Trinajstić information content (AvgIpc) is 2.04. The molecule has 0 aliphatic rings. The van der Waals surface area contributed by atoms with Gasteiger partial charge < -0.3 is 30.4 Å². The number of carbonyl (C=O) groups is 3. The van der Waals surface area contributed by atoms with Gasteiger partial charge >= 0.3 is 74.5 Å². The van der Waals surface area contributed by atoms with Gasteiger partial charge in [0, 0.05) is 6.08 Å². The maximum absolute atomic E-state index is 9.25. The van der Waals surface area contributed by atoms with Gasteiger partial charge in [-0.1, -0.05) is 6.58 Å². The van der Waals surface area contributed by atoms with Gasteiger partial charge in [-0.05, 0) is 0 Å². The van der Waals surface area contributed by atoms with Crippen LogP contribution in [0.2, 0.25) is 0 Å². The van der Waals surface area contributed by atoms with E-state index in [1.54, 1.807) is 0 Å². The van der Waals surface area contributed by atoms with Gasteiger partial charge in [0.05, 0.1) is 0 Å². The molecule has 9 nitrogen and oxygen atoms in total. The molecular formula is C5H6BLi3O9. The molecule has 0 atom stereocenters. The monoisotopic (exact) mass is 242 g/mol. The van der Waals surface area contributed by atoms with Gasteiger partial charge in [0.15, 0.2) is 0 Å². The van der Waals surface area contributed by atoms with Crippen LogP contribution in [0.4, 0.5) is 0 Å². The van der Waals surface area contributed by atoms with Crippen molar-refractivity contribution < 1.29 is 101 Å². The van der Waals surface area contributed by atoms with Gasteiger partial charge in [0.2, 0.25) is 0 Å². The summed E-state index contributed by atoms with van der Waals surface area (Å²) in [4.78, 5) is 27.4. The molecule has 0 fully saturated rings. The molecule has 0 bridgehead atoms. The third-order valence-electron chi connectivity index (χ3n) is 0.358. The van der Waals surface area contributed by atoms with E-state index >= 15 is 0 Å². The molecule has 0 aliphatic carbocycles. The summed E-state index contributed by atoms with van der Waals surface area (Å²) in [5, 5.41) is 47.6. The Morgan fingerprint density at radius 1 is 0.889 bits per heavy atom. The largest absolute Gasteiger partial charge is 1.00 e. The summed E-state index contributed by atoms with van der Waals surface area (Å²) in [5.41, 5.74) is 0. The van der Waals surface area contributed by atoms with E-state index in [2.05, 4.69) is 6.58 Å². The number of rotatable bonds is 1. The first-order chi connectivity index (χ1) is 6.64. The molecule has 0 aromatic rings. The zero-order valence-corrected chi connectivity index (χ0v) is 10.2. The van der Waals surface area contributed by atoms with Crippen molar-refractivity contribution in [1.29, 1.82) is 0 Å². The minimum atomic E-state index is -2.92. The smallest absolute Gasteiger partial charge is 0.907 e. The molecule has 0 radical (unpaired) electrons. The molecule has 18 heavy (non-hydrogen) atoms. The molecule has 0 heterocycles. The molecule has 13 heteroatoms. The van der Waals surface area contributed by atoms with Crippen LogP contribution in [0, 0.1) is 0 Å². The molecule has 3 N–H and O–H groups in total. The van der Waals surface area contributed by atoms with Gasteiger partial charge in [-0.25, -0.2) is 14.4 Å². The van der Waals surface area contributed by atoms with E-state index in [4.69, 9.17) is 40.0 Å². The van der Waals surface area contributed by atoms with Crippen molar-refractivity contribution in [3.63, 3.8) is 0 Å². The van der Waals surface area contributed by atoms with Gasteiger partial charge in [0.25, 0.3) is 0 Å². The van der Waals surface area contributed by atoms with Gasteiger partial charge in [-0.3, -0.25) is 7.32 Å². The van der Waals surface area contributed by atoms with Crippen molar-refractivity contribution in [3.05, 3.63) is 12.7 Å². The van der Waals surface area contributed by atoms with E-state index in [0.29, 0.717) is 0 Å². The summed E-state index contributed by atoms with van der Waals surface area (Å²) >= 11 is 0. The molecule has 0 aromatic carbocycles. The average molecular weight is 242 g/mol. The molecule has 86 valence electrons. The molecule has 0 saturated carbocycles. The predicted octanol–water partition coefficient (Wildman–Crippen LogP) is -13.5. The topological polar surface area (TPSA) is 181 Å². The van der Waals surface area contributed by atoms with Crippen LogP contribution in [0.5, 0.6) is 0 Å². The van der Waals surface area contributed by atoms with Crippen LogP contribution in [0.3, 0.4) is 0 Å². The van der Waals surface area contributed by atoms with E-state index in [1.165, 1.54) is 0 Å². The zero-order valence-electron chi connectivity index (χ0n) is 10.2. The quantitative estimate of drug-likeness (QED) is 0.228. The Hall–Kier alpha value is -0.113. The van der Waals surface area contributed by atoms with E-state index in [9.17, 15) is 4.79 Å². The van der Waals surface area contributed by atoms with E-state index in [0.717, 1.165) is 6.08 Å². The van der Waals surface area contributed by atoms with E-state index < -0.39 is 25.2 Å². The minimum absolute atomic E-state index is 0. The summed E-state index contributed by atoms with van der Waals surface area (Å²) in [5.74, 6) is -4.63. The van der Waals surface area contributed by atoms with Gasteiger partial charge in [-0.2, -0.15) is 0 Å². The van der Waals surface area contributed by atoms with Crippen LogP contribution in [-0.4, -0.2) is 40.5 Å². The Bertz CT molecular complexity index is 219. The summed E-state index contributed by atoms with van der Waals surface area (Å²) in [7, 11) is -2.92. The fraction of sp³-hybridized carbons (Fsp3) is 0. The van der Waals surface area contributed by atoms with E-state index in [-0.39, 0.29) is 56.6 Å². The number of carboxylic acid groups (broad SMARTS) is 3. The maximum atomic E-state index is 9.25. The third-order valence-corrected chi connectivity index (χ3v) is 0.358. The molecule has 0 unspecified atom stereocenters. The fourth-order valence-corrected chi connectivity index (χ4v) is 0. The van der Waals surface area contributed by atoms with Crippen LogP contribution in [0.25, 0.3) is 0 Å². The van der Waals surface area contributed by atoms with Crippen LogP contribution < -0.4 is 71.7 Å². The second kappa shape index (κ2) is 25.7. The second-order valence-corrected chi connectivity index (χ2v) is 1.44. The van der Waals surface area contributed by atoms with Crippen molar-refractivity contribution in [3.8, 4) is 0 Å². The molecule has 0 saturated heterocycles. The van der Waals surface area contributed by atoms with Crippen molar-refractivity contribution in [2.24, 2.45) is 0 Å². The molecule has 0 aliphatic heterocycles. The summed E-state index contributed by atoms with van der Waals surface area (Å²) in [6, 6.07) is 0. The number of hydrogen-bond donors (Lipinski definition) is 3. The summed E-state index contributed by atoms with van der Waals surface area (Å²) < 4.78 is 0. The fourth-order valence-electron chi connectivity index (χ4n) is 0. The van der Waals surface area contributed by atoms with Gasteiger partial charge in [0.1, 0.15) is 0 Å². The number of hydrogen-bond acceptors (Lipinski definition) is 6. The number of aliphatic carboxylic acids is 3. The zero-order chi connectivity index (χ0) is 13.0. The Morgan fingerprint density at radius 2 is 1.00 bits per heavy atom. The Labute approximate surface area is 139 Å². The SMILES string of the molecule is C=CC(=O)O.O=C(O)C(=O)O.[Li+].[Li+].[Li+].[O-]B([O-])[O-]. The number of carboxylic acids is 3. The van der Waals surface area contributed by atoms with Crippen LogP contribution in [-0.2, 0) is 14.4 Å². The molecule has 0 amide bonds. The molecular weight excluding hydrogens is 236 g/mol. The molecule has 0 rings (SSSR count). The second-order valence-electron chi connectivity index (χ2n) is 1.44. The molecule has 0 spiro atoms. The van der Waals surface area contributed by atoms with Crippen molar-refractivity contribution in [2.75, 3.05) is 0 Å². The van der Waals surface area contributed by atoms with Gasteiger partial charge in [-0.15, -0.1) is 0 Å². The van der Waals surface area contributed by atoms with Crippen LogP contribution in [0.1, 0.15) is 0 Å². The Balaban J connectivity index is -0.0000000282. The third kappa shape index (κ3) is 102. The Morgan fingerprint density at radius 3 is 1.00 bits per heavy atom. The first-order valence-corrected chi connectivity index (χ1v) is 2.94. The van der Waals surface area contributed by atoms with Crippen LogP contribution in [0.15, 0.2) is 12.7 Å². The van der Waals surface area contributed by atoms with E-state index in [1.807, 2.05) is 0 Å². The first-order valence-electron chi connectivity index (χ1n) is 2.94. The van der Waals surface area contributed by atoms with Crippen molar-refractivity contribution >= 4 is 25.2 Å². The standard InChI is InChI=1S/C3H4O2.C2H2O4.BO3.3Li/c1-2-3(4)5;3-1(4)2(5)6;2-1(3)4;;;/h2H,1H2,(H,4,5);(H,3,4)(H,5,6);;;;/q;;-3;3*+1.